The standard InChI is InChI=1S/C13H17N3OS/c1-8-6-11-12(14-7-10-4-3-5-17-10)15-9(2)16-13(11)18-8/h6,10H,3-5,7H2,1-2H3,(H,14,15,16). The highest BCUT2D eigenvalue weighted by molar-refractivity contribution is 7.18. The molecule has 1 aliphatic rings. The van der Waals surface area contributed by atoms with Gasteiger partial charge in [0.15, 0.2) is 0 Å². The van der Waals surface area contributed by atoms with Gasteiger partial charge < -0.3 is 10.1 Å². The summed E-state index contributed by atoms with van der Waals surface area (Å²) >= 11 is 1.72. The van der Waals surface area contributed by atoms with E-state index >= 15 is 0 Å². The van der Waals surface area contributed by atoms with Crippen molar-refractivity contribution in [3.8, 4) is 0 Å². The smallest absolute Gasteiger partial charge is 0.138 e. The van der Waals surface area contributed by atoms with E-state index in [0.717, 1.165) is 41.4 Å². The maximum Gasteiger partial charge on any atom is 0.138 e. The zero-order valence-electron chi connectivity index (χ0n) is 10.7. The number of nitrogens with one attached hydrogen (secondary N) is 1. The molecule has 1 saturated heterocycles. The lowest BCUT2D eigenvalue weighted by Crippen LogP contribution is -2.19. The number of hydrogen-bond donors (Lipinski definition) is 1. The van der Waals surface area contributed by atoms with Gasteiger partial charge in [-0.2, -0.15) is 0 Å². The van der Waals surface area contributed by atoms with E-state index in [1.807, 2.05) is 6.92 Å². The van der Waals surface area contributed by atoms with Crippen molar-refractivity contribution >= 4 is 27.4 Å². The fourth-order valence-corrected chi connectivity index (χ4v) is 3.22. The van der Waals surface area contributed by atoms with E-state index < -0.39 is 0 Å². The van der Waals surface area contributed by atoms with Crippen LogP contribution in [0.2, 0.25) is 0 Å². The van der Waals surface area contributed by atoms with E-state index in [1.165, 1.54) is 11.3 Å². The van der Waals surface area contributed by atoms with Crippen LogP contribution in [0.25, 0.3) is 10.2 Å². The van der Waals surface area contributed by atoms with Crippen molar-refractivity contribution < 1.29 is 4.74 Å². The van der Waals surface area contributed by atoms with E-state index in [9.17, 15) is 0 Å². The summed E-state index contributed by atoms with van der Waals surface area (Å²) in [5.41, 5.74) is 0. The van der Waals surface area contributed by atoms with Crippen LogP contribution in [-0.2, 0) is 4.74 Å². The number of ether oxygens (including phenoxy) is 1. The maximum absolute atomic E-state index is 5.62. The molecule has 0 aromatic carbocycles. The Bertz CT molecular complexity index is 561. The third-order valence-corrected chi connectivity index (χ3v) is 4.09. The number of aryl methyl sites for hydroxylation is 2. The molecule has 96 valence electrons. The first-order valence-corrected chi connectivity index (χ1v) is 7.14. The summed E-state index contributed by atoms with van der Waals surface area (Å²) in [7, 11) is 0. The minimum absolute atomic E-state index is 0.329. The minimum atomic E-state index is 0.329. The van der Waals surface area contributed by atoms with Gasteiger partial charge in [0.2, 0.25) is 0 Å². The van der Waals surface area contributed by atoms with Crippen molar-refractivity contribution in [1.82, 2.24) is 9.97 Å². The summed E-state index contributed by atoms with van der Waals surface area (Å²) in [6.45, 7) is 5.76. The van der Waals surface area contributed by atoms with Crippen LogP contribution in [0.5, 0.6) is 0 Å². The lowest BCUT2D eigenvalue weighted by Gasteiger charge is -2.12. The minimum Gasteiger partial charge on any atom is -0.376 e. The van der Waals surface area contributed by atoms with Gasteiger partial charge in [-0.1, -0.05) is 0 Å². The normalized spacial score (nSPS) is 19.6. The predicted octanol–water partition coefficient (Wildman–Crippen LogP) is 2.90. The van der Waals surface area contributed by atoms with Gasteiger partial charge in [0.1, 0.15) is 16.5 Å². The van der Waals surface area contributed by atoms with Crippen molar-refractivity contribution in [3.63, 3.8) is 0 Å². The molecular formula is C13H17N3OS. The number of rotatable bonds is 3. The van der Waals surface area contributed by atoms with Gasteiger partial charge in [0.25, 0.3) is 0 Å². The third-order valence-electron chi connectivity index (χ3n) is 3.15. The van der Waals surface area contributed by atoms with Crippen LogP contribution in [0, 0.1) is 13.8 Å². The maximum atomic E-state index is 5.62. The quantitative estimate of drug-likeness (QED) is 0.925. The van der Waals surface area contributed by atoms with Crippen molar-refractivity contribution in [2.75, 3.05) is 18.5 Å². The second kappa shape index (κ2) is 4.82. The van der Waals surface area contributed by atoms with Crippen molar-refractivity contribution in [3.05, 3.63) is 16.8 Å². The third kappa shape index (κ3) is 2.33. The molecule has 0 aliphatic carbocycles. The molecule has 1 unspecified atom stereocenters. The van der Waals surface area contributed by atoms with Gasteiger partial charge in [-0.25, -0.2) is 9.97 Å². The summed E-state index contributed by atoms with van der Waals surface area (Å²) in [6, 6.07) is 2.15. The number of hydrogen-bond acceptors (Lipinski definition) is 5. The van der Waals surface area contributed by atoms with Gasteiger partial charge in [-0.05, 0) is 32.8 Å². The van der Waals surface area contributed by atoms with E-state index in [1.54, 1.807) is 11.3 Å². The van der Waals surface area contributed by atoms with E-state index in [2.05, 4.69) is 28.3 Å². The van der Waals surface area contributed by atoms with Gasteiger partial charge in [-0.3, -0.25) is 0 Å². The molecule has 18 heavy (non-hydrogen) atoms. The van der Waals surface area contributed by atoms with Crippen LogP contribution in [0.3, 0.4) is 0 Å². The molecule has 0 radical (unpaired) electrons. The average Bonchev–Trinajstić information content (AvgIpc) is 2.93. The number of thiophene rings is 1. The Labute approximate surface area is 110 Å². The van der Waals surface area contributed by atoms with E-state index in [-0.39, 0.29) is 0 Å². The zero-order valence-corrected chi connectivity index (χ0v) is 11.5. The number of aromatic nitrogens is 2. The Morgan fingerprint density at radius 2 is 2.33 bits per heavy atom. The lowest BCUT2D eigenvalue weighted by molar-refractivity contribution is 0.120. The lowest BCUT2D eigenvalue weighted by atomic mass is 10.2. The largest absolute Gasteiger partial charge is 0.376 e. The van der Waals surface area contributed by atoms with Crippen molar-refractivity contribution in [2.24, 2.45) is 0 Å². The highest BCUT2D eigenvalue weighted by Crippen LogP contribution is 2.28. The molecule has 5 heteroatoms. The van der Waals surface area contributed by atoms with Gasteiger partial charge in [-0.15, -0.1) is 11.3 Å². The summed E-state index contributed by atoms with van der Waals surface area (Å²) in [4.78, 5) is 11.3. The van der Waals surface area contributed by atoms with Crippen LogP contribution in [0.1, 0.15) is 23.5 Å². The van der Waals surface area contributed by atoms with Crippen molar-refractivity contribution in [2.45, 2.75) is 32.8 Å². The molecule has 4 nitrogen and oxygen atoms in total. The molecule has 1 N–H and O–H groups in total. The van der Waals surface area contributed by atoms with Gasteiger partial charge in [0, 0.05) is 18.0 Å². The fraction of sp³-hybridized carbons (Fsp3) is 0.538. The Morgan fingerprint density at radius 1 is 1.44 bits per heavy atom. The van der Waals surface area contributed by atoms with E-state index in [4.69, 9.17) is 4.74 Å². The molecule has 2 aromatic rings. The first-order chi connectivity index (χ1) is 8.72. The molecule has 3 rings (SSSR count). The second-order valence-corrected chi connectivity index (χ2v) is 5.95. The number of fused-ring (bicyclic) bond motifs is 1. The molecule has 2 aromatic heterocycles. The predicted molar refractivity (Wildman–Crippen MR) is 74.4 cm³/mol. The SMILES string of the molecule is Cc1nc(NCC2CCCO2)c2cc(C)sc2n1. The molecule has 1 atom stereocenters. The van der Waals surface area contributed by atoms with Gasteiger partial charge >= 0.3 is 0 Å². The fourth-order valence-electron chi connectivity index (χ4n) is 2.30. The van der Waals surface area contributed by atoms with Crippen LogP contribution < -0.4 is 5.32 Å². The Hall–Kier alpha value is -1.20. The summed E-state index contributed by atoms with van der Waals surface area (Å²) in [5.74, 6) is 1.76. The monoisotopic (exact) mass is 263 g/mol. The molecular weight excluding hydrogens is 246 g/mol. The van der Waals surface area contributed by atoms with Crippen LogP contribution in [0.4, 0.5) is 5.82 Å². The molecule has 1 aliphatic heterocycles. The zero-order chi connectivity index (χ0) is 12.5. The Balaban J connectivity index is 1.85. The summed E-state index contributed by atoms with van der Waals surface area (Å²) in [5, 5.41) is 4.54. The molecule has 3 heterocycles. The molecule has 1 fully saturated rings. The number of anilines is 1. The summed E-state index contributed by atoms with van der Waals surface area (Å²) < 4.78 is 5.62. The van der Waals surface area contributed by atoms with E-state index in [0.29, 0.717) is 6.10 Å². The second-order valence-electron chi connectivity index (χ2n) is 4.71. The Kier molecular flexibility index (Phi) is 3.18. The number of nitrogens with zero attached hydrogens (tertiary/aromatic N) is 2. The molecule has 0 spiro atoms. The van der Waals surface area contributed by atoms with Crippen LogP contribution in [0.15, 0.2) is 6.07 Å². The van der Waals surface area contributed by atoms with Crippen molar-refractivity contribution in [1.29, 1.82) is 0 Å². The highest BCUT2D eigenvalue weighted by Gasteiger charge is 2.16. The van der Waals surface area contributed by atoms with Crippen LogP contribution in [-0.4, -0.2) is 29.2 Å². The first kappa shape index (κ1) is 11.9. The summed E-state index contributed by atoms with van der Waals surface area (Å²) in [6.07, 6.45) is 2.64. The molecule has 0 bridgehead atoms. The highest BCUT2D eigenvalue weighted by atomic mass is 32.1. The first-order valence-electron chi connectivity index (χ1n) is 6.32. The van der Waals surface area contributed by atoms with Crippen LogP contribution >= 0.6 is 11.3 Å². The Morgan fingerprint density at radius 3 is 3.11 bits per heavy atom. The molecule has 0 amide bonds. The topological polar surface area (TPSA) is 47.0 Å². The van der Waals surface area contributed by atoms with Gasteiger partial charge in [0.05, 0.1) is 11.5 Å². The molecule has 0 saturated carbocycles. The average molecular weight is 263 g/mol.